The van der Waals surface area contributed by atoms with Crippen molar-refractivity contribution >= 4 is 22.1 Å². The van der Waals surface area contributed by atoms with Crippen LogP contribution in [0.1, 0.15) is 27.7 Å². The fourth-order valence-corrected chi connectivity index (χ4v) is 3.37. The number of hydrogen-bond donors (Lipinski definition) is 0. The number of nitrogens with zero attached hydrogens (tertiary/aromatic N) is 1. The van der Waals surface area contributed by atoms with Crippen molar-refractivity contribution < 1.29 is 9.53 Å². The van der Waals surface area contributed by atoms with Crippen LogP contribution in [0.25, 0.3) is 0 Å². The Hall–Kier alpha value is -2.09. The lowest BCUT2D eigenvalue weighted by Gasteiger charge is -2.27. The van der Waals surface area contributed by atoms with Crippen LogP contribution in [0.15, 0.2) is 36.4 Å². The highest BCUT2D eigenvalue weighted by molar-refractivity contribution is 7.18. The van der Waals surface area contributed by atoms with Crippen molar-refractivity contribution in [3.63, 3.8) is 0 Å². The van der Waals surface area contributed by atoms with E-state index in [1.807, 2.05) is 36.4 Å². The molecule has 2 heterocycles. The van der Waals surface area contributed by atoms with Gasteiger partial charge in [-0.25, -0.2) is 0 Å². The summed E-state index contributed by atoms with van der Waals surface area (Å²) < 4.78 is 5.40. The number of carbonyl (C=O) groups is 1. The Bertz CT molecular complexity index is 719. The molecule has 1 aliphatic rings. The molecule has 4 heteroatoms. The molecule has 0 amide bonds. The Kier molecular flexibility index (Phi) is 4.57. The third-order valence-corrected chi connectivity index (χ3v) is 4.77. The monoisotopic (exact) mass is 311 g/mol. The molecule has 0 aliphatic carbocycles. The van der Waals surface area contributed by atoms with Crippen LogP contribution in [-0.4, -0.2) is 32.1 Å². The van der Waals surface area contributed by atoms with Crippen LogP contribution in [0.3, 0.4) is 0 Å². The molecule has 0 saturated carbocycles. The van der Waals surface area contributed by atoms with Crippen molar-refractivity contribution in [3.8, 4) is 11.8 Å². The first kappa shape index (κ1) is 14.8. The number of thiophene rings is 1. The van der Waals surface area contributed by atoms with Crippen molar-refractivity contribution in [1.82, 2.24) is 0 Å². The predicted molar refractivity (Wildman–Crippen MR) is 89.8 cm³/mol. The average molecular weight is 311 g/mol. The number of ether oxygens (including phenoxy) is 1. The molecule has 2 aromatic rings. The van der Waals surface area contributed by atoms with E-state index in [4.69, 9.17) is 4.74 Å². The summed E-state index contributed by atoms with van der Waals surface area (Å²) in [7, 11) is 0. The Balaban J connectivity index is 1.95. The normalized spacial score (nSPS) is 14.3. The van der Waals surface area contributed by atoms with Gasteiger partial charge in [-0.2, -0.15) is 0 Å². The van der Waals surface area contributed by atoms with Crippen LogP contribution in [0.4, 0.5) is 5.00 Å². The summed E-state index contributed by atoms with van der Waals surface area (Å²) in [4.78, 5) is 14.7. The lowest BCUT2D eigenvalue weighted by molar-refractivity contribution is 0.102. The Morgan fingerprint density at radius 2 is 1.91 bits per heavy atom. The van der Waals surface area contributed by atoms with E-state index >= 15 is 0 Å². The maximum absolute atomic E-state index is 11.7. The number of anilines is 1. The molecule has 112 valence electrons. The molecule has 0 spiro atoms. The van der Waals surface area contributed by atoms with Gasteiger partial charge in [0.25, 0.3) is 0 Å². The largest absolute Gasteiger partial charge is 0.378 e. The van der Waals surface area contributed by atoms with Gasteiger partial charge >= 0.3 is 0 Å². The highest BCUT2D eigenvalue weighted by Gasteiger charge is 2.18. The SMILES string of the molecule is CC(=O)c1cc(C#Cc2ccccc2)c(N2CCOCC2)s1. The molecule has 1 aromatic carbocycles. The van der Waals surface area contributed by atoms with E-state index in [1.165, 1.54) is 11.3 Å². The van der Waals surface area contributed by atoms with E-state index in [1.54, 1.807) is 6.92 Å². The third-order valence-electron chi connectivity index (χ3n) is 3.47. The van der Waals surface area contributed by atoms with E-state index in [0.29, 0.717) is 0 Å². The molecule has 22 heavy (non-hydrogen) atoms. The minimum absolute atomic E-state index is 0.0901. The molecule has 0 unspecified atom stereocenters. The summed E-state index contributed by atoms with van der Waals surface area (Å²) in [6.07, 6.45) is 0. The van der Waals surface area contributed by atoms with Crippen LogP contribution in [0, 0.1) is 11.8 Å². The second kappa shape index (κ2) is 6.78. The van der Waals surface area contributed by atoms with Crippen LogP contribution < -0.4 is 4.90 Å². The molecule has 3 rings (SSSR count). The zero-order valence-electron chi connectivity index (χ0n) is 12.5. The van der Waals surface area contributed by atoms with Gasteiger partial charge in [0.2, 0.25) is 0 Å². The molecule has 0 radical (unpaired) electrons. The predicted octanol–water partition coefficient (Wildman–Crippen LogP) is 3.19. The summed E-state index contributed by atoms with van der Waals surface area (Å²) >= 11 is 1.53. The fourth-order valence-electron chi connectivity index (χ4n) is 2.31. The number of ketones is 1. The van der Waals surface area contributed by atoms with Gasteiger partial charge in [-0.1, -0.05) is 30.0 Å². The van der Waals surface area contributed by atoms with Gasteiger partial charge in [0.1, 0.15) is 5.00 Å². The lowest BCUT2D eigenvalue weighted by atomic mass is 10.2. The minimum atomic E-state index is 0.0901. The van der Waals surface area contributed by atoms with Crippen LogP contribution in [-0.2, 0) is 4.74 Å². The molecule has 0 bridgehead atoms. The highest BCUT2D eigenvalue weighted by atomic mass is 32.1. The van der Waals surface area contributed by atoms with Crippen LogP contribution >= 0.6 is 11.3 Å². The second-order valence-electron chi connectivity index (χ2n) is 5.10. The molecule has 1 aliphatic heterocycles. The molecule has 0 atom stereocenters. The summed E-state index contributed by atoms with van der Waals surface area (Å²) in [5.74, 6) is 6.50. The van der Waals surface area contributed by atoms with Gasteiger partial charge in [-0.3, -0.25) is 4.79 Å². The topological polar surface area (TPSA) is 29.5 Å². The van der Waals surface area contributed by atoms with Crippen LogP contribution in [0.5, 0.6) is 0 Å². The zero-order chi connectivity index (χ0) is 15.4. The molecule has 1 saturated heterocycles. The quantitative estimate of drug-likeness (QED) is 0.630. The highest BCUT2D eigenvalue weighted by Crippen LogP contribution is 2.32. The Morgan fingerprint density at radius 3 is 2.59 bits per heavy atom. The summed E-state index contributed by atoms with van der Waals surface area (Å²) in [5.41, 5.74) is 1.91. The van der Waals surface area contributed by atoms with Crippen molar-refractivity contribution in [2.75, 3.05) is 31.2 Å². The lowest BCUT2D eigenvalue weighted by Crippen LogP contribution is -2.36. The molecular formula is C18H17NO2S. The van der Waals surface area contributed by atoms with E-state index in [0.717, 1.165) is 47.3 Å². The van der Waals surface area contributed by atoms with Crippen LogP contribution in [0.2, 0.25) is 0 Å². The Labute approximate surface area is 134 Å². The maximum Gasteiger partial charge on any atom is 0.169 e. The molecule has 1 fully saturated rings. The van der Waals surface area contributed by atoms with E-state index in [-0.39, 0.29) is 5.78 Å². The van der Waals surface area contributed by atoms with E-state index < -0.39 is 0 Å². The number of benzene rings is 1. The van der Waals surface area contributed by atoms with Crippen molar-refractivity contribution in [2.45, 2.75) is 6.92 Å². The Morgan fingerprint density at radius 1 is 1.18 bits per heavy atom. The van der Waals surface area contributed by atoms with Crippen molar-refractivity contribution in [3.05, 3.63) is 52.4 Å². The summed E-state index contributed by atoms with van der Waals surface area (Å²) in [6, 6.07) is 11.8. The smallest absolute Gasteiger partial charge is 0.169 e. The average Bonchev–Trinajstić information content (AvgIpc) is 2.99. The maximum atomic E-state index is 11.7. The summed E-state index contributed by atoms with van der Waals surface area (Å²) in [6.45, 7) is 4.73. The first-order chi connectivity index (χ1) is 10.7. The molecular weight excluding hydrogens is 294 g/mol. The van der Waals surface area contributed by atoms with Gasteiger partial charge in [0.05, 0.1) is 23.7 Å². The molecule has 0 N–H and O–H groups in total. The van der Waals surface area contributed by atoms with Gasteiger partial charge in [-0.15, -0.1) is 11.3 Å². The first-order valence-electron chi connectivity index (χ1n) is 7.28. The molecule has 3 nitrogen and oxygen atoms in total. The minimum Gasteiger partial charge on any atom is -0.378 e. The summed E-state index contributed by atoms with van der Waals surface area (Å²) in [5, 5.41) is 1.08. The number of morpholine rings is 1. The van der Waals surface area contributed by atoms with Gasteiger partial charge in [0.15, 0.2) is 5.78 Å². The molecule has 1 aromatic heterocycles. The first-order valence-corrected chi connectivity index (χ1v) is 8.10. The standard InChI is InChI=1S/C18H17NO2S/c1-14(20)17-13-16(8-7-15-5-3-2-4-6-15)18(22-17)19-9-11-21-12-10-19/h2-6,13H,9-12H2,1H3. The van der Waals surface area contributed by atoms with Gasteiger partial charge < -0.3 is 9.64 Å². The number of rotatable bonds is 2. The van der Waals surface area contributed by atoms with Crippen molar-refractivity contribution in [1.29, 1.82) is 0 Å². The number of hydrogen-bond acceptors (Lipinski definition) is 4. The fraction of sp³-hybridized carbons (Fsp3) is 0.278. The van der Waals surface area contributed by atoms with Crippen molar-refractivity contribution in [2.24, 2.45) is 0 Å². The van der Waals surface area contributed by atoms with E-state index in [2.05, 4.69) is 16.7 Å². The van der Waals surface area contributed by atoms with Gasteiger partial charge in [-0.05, 0) is 25.1 Å². The number of carbonyl (C=O) groups excluding carboxylic acids is 1. The number of Topliss-reactive ketones (excluding diaryl/α,β-unsaturated/α-hetero) is 1. The second-order valence-corrected chi connectivity index (χ2v) is 6.13. The third kappa shape index (κ3) is 3.38. The zero-order valence-corrected chi connectivity index (χ0v) is 13.3. The van der Waals surface area contributed by atoms with Gasteiger partial charge in [0, 0.05) is 18.7 Å². The van der Waals surface area contributed by atoms with E-state index in [9.17, 15) is 4.79 Å².